The first-order chi connectivity index (χ1) is 8.39. The standard InChI is InChI=1S/C14H23N3O/c1-5-9-8-11(9)16-12-7-6-10(15)13(17-12)18-14(2,3)4/h6-7,9,11H,5,8,15H2,1-4H3,(H,16,17). The summed E-state index contributed by atoms with van der Waals surface area (Å²) in [7, 11) is 0. The number of nitrogen functional groups attached to an aromatic ring is 1. The van der Waals surface area contributed by atoms with Crippen molar-refractivity contribution in [3.8, 4) is 5.88 Å². The normalized spacial score (nSPS) is 22.7. The van der Waals surface area contributed by atoms with Gasteiger partial charge in [-0.3, -0.25) is 0 Å². The second kappa shape index (κ2) is 4.67. The smallest absolute Gasteiger partial charge is 0.239 e. The first-order valence-electron chi connectivity index (χ1n) is 6.61. The molecule has 0 bridgehead atoms. The summed E-state index contributed by atoms with van der Waals surface area (Å²) in [5.74, 6) is 2.15. The van der Waals surface area contributed by atoms with Crippen LogP contribution >= 0.6 is 0 Å². The zero-order valence-electron chi connectivity index (χ0n) is 11.7. The summed E-state index contributed by atoms with van der Waals surface area (Å²) in [4.78, 5) is 4.45. The van der Waals surface area contributed by atoms with Crippen molar-refractivity contribution < 1.29 is 4.74 Å². The topological polar surface area (TPSA) is 60.2 Å². The molecule has 1 aromatic heterocycles. The van der Waals surface area contributed by atoms with E-state index in [0.717, 1.165) is 11.7 Å². The molecule has 0 aliphatic heterocycles. The van der Waals surface area contributed by atoms with Crippen molar-refractivity contribution in [2.24, 2.45) is 5.92 Å². The molecule has 1 saturated carbocycles. The van der Waals surface area contributed by atoms with Crippen LogP contribution in [-0.4, -0.2) is 16.6 Å². The van der Waals surface area contributed by atoms with E-state index in [9.17, 15) is 0 Å². The van der Waals surface area contributed by atoms with E-state index in [2.05, 4.69) is 17.2 Å². The van der Waals surface area contributed by atoms with E-state index < -0.39 is 0 Å². The van der Waals surface area contributed by atoms with Gasteiger partial charge in [0, 0.05) is 6.04 Å². The summed E-state index contributed by atoms with van der Waals surface area (Å²) in [5, 5.41) is 3.42. The van der Waals surface area contributed by atoms with E-state index in [4.69, 9.17) is 10.5 Å². The number of aromatic nitrogens is 1. The summed E-state index contributed by atoms with van der Waals surface area (Å²) < 4.78 is 5.75. The molecule has 1 fully saturated rings. The van der Waals surface area contributed by atoms with Crippen LogP contribution in [0.15, 0.2) is 12.1 Å². The van der Waals surface area contributed by atoms with Crippen molar-refractivity contribution in [3.05, 3.63) is 12.1 Å². The average Bonchev–Trinajstić information content (AvgIpc) is 2.99. The number of anilines is 2. The first-order valence-corrected chi connectivity index (χ1v) is 6.61. The maximum absolute atomic E-state index is 5.88. The van der Waals surface area contributed by atoms with E-state index in [1.807, 2.05) is 32.9 Å². The third-order valence-corrected chi connectivity index (χ3v) is 3.07. The van der Waals surface area contributed by atoms with Crippen LogP contribution in [0.1, 0.15) is 40.5 Å². The predicted octanol–water partition coefficient (Wildman–Crippen LogP) is 3.05. The highest BCUT2D eigenvalue weighted by Crippen LogP contribution is 2.36. The van der Waals surface area contributed by atoms with Crippen LogP contribution in [0.3, 0.4) is 0 Å². The van der Waals surface area contributed by atoms with Gasteiger partial charge in [0.2, 0.25) is 5.88 Å². The zero-order chi connectivity index (χ0) is 13.3. The molecule has 3 N–H and O–H groups in total. The van der Waals surface area contributed by atoms with E-state index in [1.165, 1.54) is 12.8 Å². The lowest BCUT2D eigenvalue weighted by molar-refractivity contribution is 0.125. The molecule has 0 spiro atoms. The van der Waals surface area contributed by atoms with Gasteiger partial charge in [0.1, 0.15) is 11.4 Å². The van der Waals surface area contributed by atoms with Gasteiger partial charge in [-0.05, 0) is 45.2 Å². The van der Waals surface area contributed by atoms with Crippen LogP contribution in [0.5, 0.6) is 5.88 Å². The van der Waals surface area contributed by atoms with Gasteiger partial charge < -0.3 is 15.8 Å². The molecule has 2 rings (SSSR count). The van der Waals surface area contributed by atoms with Crippen LogP contribution in [0.4, 0.5) is 11.5 Å². The molecule has 2 unspecified atom stereocenters. The minimum absolute atomic E-state index is 0.286. The monoisotopic (exact) mass is 249 g/mol. The number of pyridine rings is 1. The Morgan fingerprint density at radius 1 is 1.44 bits per heavy atom. The molecular weight excluding hydrogens is 226 g/mol. The lowest BCUT2D eigenvalue weighted by Crippen LogP contribution is -2.24. The maximum atomic E-state index is 5.88. The van der Waals surface area contributed by atoms with Gasteiger partial charge in [-0.1, -0.05) is 13.3 Å². The minimum Gasteiger partial charge on any atom is -0.470 e. The Bertz CT molecular complexity index is 426. The van der Waals surface area contributed by atoms with Crippen molar-refractivity contribution in [2.75, 3.05) is 11.1 Å². The Hall–Kier alpha value is -1.45. The van der Waals surface area contributed by atoms with Crippen molar-refractivity contribution in [1.29, 1.82) is 0 Å². The summed E-state index contributed by atoms with van der Waals surface area (Å²) in [5.41, 5.74) is 6.18. The van der Waals surface area contributed by atoms with Gasteiger partial charge in [-0.15, -0.1) is 0 Å². The maximum Gasteiger partial charge on any atom is 0.239 e. The molecule has 4 heteroatoms. The molecule has 0 saturated heterocycles. The summed E-state index contributed by atoms with van der Waals surface area (Å²) >= 11 is 0. The molecule has 1 aromatic rings. The number of nitrogens with one attached hydrogen (secondary N) is 1. The fraction of sp³-hybridized carbons (Fsp3) is 0.643. The Morgan fingerprint density at radius 3 is 2.72 bits per heavy atom. The fourth-order valence-electron chi connectivity index (χ4n) is 1.97. The van der Waals surface area contributed by atoms with Crippen LogP contribution in [0, 0.1) is 5.92 Å². The Balaban J connectivity index is 2.06. The number of hydrogen-bond donors (Lipinski definition) is 2. The number of rotatable bonds is 4. The quantitative estimate of drug-likeness (QED) is 0.861. The number of nitrogens with zero attached hydrogens (tertiary/aromatic N) is 1. The highest BCUT2D eigenvalue weighted by atomic mass is 16.5. The Morgan fingerprint density at radius 2 is 2.17 bits per heavy atom. The highest BCUT2D eigenvalue weighted by Gasteiger charge is 2.35. The molecule has 4 nitrogen and oxygen atoms in total. The van der Waals surface area contributed by atoms with E-state index in [-0.39, 0.29) is 5.60 Å². The Labute approximate surface area is 109 Å². The second-order valence-electron chi connectivity index (χ2n) is 5.96. The summed E-state index contributed by atoms with van der Waals surface area (Å²) in [6, 6.07) is 4.32. The van der Waals surface area contributed by atoms with Gasteiger partial charge in [0.15, 0.2) is 0 Å². The van der Waals surface area contributed by atoms with Crippen molar-refractivity contribution in [2.45, 2.75) is 52.2 Å². The predicted molar refractivity (Wildman–Crippen MR) is 74.8 cm³/mol. The second-order valence-corrected chi connectivity index (χ2v) is 5.96. The van der Waals surface area contributed by atoms with Crippen molar-refractivity contribution in [3.63, 3.8) is 0 Å². The van der Waals surface area contributed by atoms with Gasteiger partial charge in [-0.2, -0.15) is 4.98 Å². The molecule has 0 aromatic carbocycles. The number of hydrogen-bond acceptors (Lipinski definition) is 4. The summed E-state index contributed by atoms with van der Waals surface area (Å²) in [6.45, 7) is 8.18. The zero-order valence-corrected chi connectivity index (χ0v) is 11.7. The molecule has 1 aliphatic carbocycles. The molecule has 1 aliphatic rings. The van der Waals surface area contributed by atoms with E-state index in [0.29, 0.717) is 17.6 Å². The van der Waals surface area contributed by atoms with Gasteiger partial charge in [0.25, 0.3) is 0 Å². The summed E-state index contributed by atoms with van der Waals surface area (Å²) in [6.07, 6.45) is 2.45. The van der Waals surface area contributed by atoms with Crippen LogP contribution in [0.2, 0.25) is 0 Å². The molecule has 1 heterocycles. The number of nitrogens with two attached hydrogens (primary N) is 1. The molecule has 0 radical (unpaired) electrons. The first kappa shape index (κ1) is 13.0. The highest BCUT2D eigenvalue weighted by molar-refractivity contribution is 5.54. The fourth-order valence-corrected chi connectivity index (χ4v) is 1.97. The third kappa shape index (κ3) is 3.28. The van der Waals surface area contributed by atoms with Gasteiger partial charge in [0.05, 0.1) is 5.69 Å². The van der Waals surface area contributed by atoms with E-state index >= 15 is 0 Å². The van der Waals surface area contributed by atoms with Gasteiger partial charge >= 0.3 is 0 Å². The molecule has 18 heavy (non-hydrogen) atoms. The average molecular weight is 249 g/mol. The number of ether oxygens (including phenoxy) is 1. The van der Waals surface area contributed by atoms with Crippen LogP contribution in [-0.2, 0) is 0 Å². The molecular formula is C14H23N3O. The van der Waals surface area contributed by atoms with Crippen molar-refractivity contribution in [1.82, 2.24) is 4.98 Å². The molecule has 0 amide bonds. The lowest BCUT2D eigenvalue weighted by atomic mass is 10.2. The van der Waals surface area contributed by atoms with E-state index in [1.54, 1.807) is 0 Å². The molecule has 100 valence electrons. The lowest BCUT2D eigenvalue weighted by Gasteiger charge is -2.21. The molecule has 2 atom stereocenters. The Kier molecular flexibility index (Phi) is 3.37. The van der Waals surface area contributed by atoms with Gasteiger partial charge in [-0.25, -0.2) is 0 Å². The van der Waals surface area contributed by atoms with Crippen molar-refractivity contribution >= 4 is 11.5 Å². The minimum atomic E-state index is -0.286. The largest absolute Gasteiger partial charge is 0.470 e. The van der Waals surface area contributed by atoms with Crippen LogP contribution in [0.25, 0.3) is 0 Å². The SMILES string of the molecule is CCC1CC1Nc1ccc(N)c(OC(C)(C)C)n1. The third-order valence-electron chi connectivity index (χ3n) is 3.07. The van der Waals surface area contributed by atoms with Crippen LogP contribution < -0.4 is 15.8 Å².